The van der Waals surface area contributed by atoms with Crippen LogP contribution >= 0.6 is 11.8 Å². The van der Waals surface area contributed by atoms with E-state index in [2.05, 4.69) is 19.8 Å². The third kappa shape index (κ3) is 2.49. The van der Waals surface area contributed by atoms with Gasteiger partial charge in [0.05, 0.1) is 25.0 Å². The van der Waals surface area contributed by atoms with E-state index in [-0.39, 0.29) is 5.76 Å². The molecule has 0 aromatic carbocycles. The Hall–Kier alpha value is -2.35. The van der Waals surface area contributed by atoms with E-state index in [1.54, 1.807) is 16.9 Å². The van der Waals surface area contributed by atoms with Crippen LogP contribution in [0, 0.1) is 0 Å². The smallest absolute Gasteiger partial charge is 0.374 e. The van der Waals surface area contributed by atoms with E-state index in [1.807, 2.05) is 7.05 Å². The molecule has 3 rings (SSSR count). The number of thioether (sulfide) groups is 1. The maximum Gasteiger partial charge on any atom is 0.374 e. The molecule has 0 aliphatic heterocycles. The zero-order chi connectivity index (χ0) is 14.8. The Morgan fingerprint density at radius 1 is 1.48 bits per heavy atom. The summed E-state index contributed by atoms with van der Waals surface area (Å²) in [5.41, 5.74) is 1.54. The van der Waals surface area contributed by atoms with Crippen molar-refractivity contribution in [1.82, 2.24) is 19.7 Å². The molecular weight excluding hydrogens is 292 g/mol. The molecular formula is C13H12N4O3S. The molecule has 108 valence electrons. The van der Waals surface area contributed by atoms with Gasteiger partial charge in [0.1, 0.15) is 11.4 Å². The summed E-state index contributed by atoms with van der Waals surface area (Å²) in [6, 6.07) is 1.75. The predicted octanol–water partition coefficient (Wildman–Crippen LogP) is 2.04. The highest BCUT2D eigenvalue weighted by Crippen LogP contribution is 2.28. The van der Waals surface area contributed by atoms with Crippen LogP contribution in [-0.4, -0.2) is 32.8 Å². The van der Waals surface area contributed by atoms with Gasteiger partial charge in [-0.25, -0.2) is 14.8 Å². The molecule has 0 radical (unpaired) electrons. The average molecular weight is 304 g/mol. The summed E-state index contributed by atoms with van der Waals surface area (Å²) in [7, 11) is 3.15. The molecule has 3 heterocycles. The van der Waals surface area contributed by atoms with Crippen molar-refractivity contribution >= 4 is 28.8 Å². The lowest BCUT2D eigenvalue weighted by molar-refractivity contribution is 0.0564. The number of hydrogen-bond donors (Lipinski definition) is 0. The van der Waals surface area contributed by atoms with Crippen LogP contribution in [0.3, 0.4) is 0 Å². The Kier molecular flexibility index (Phi) is 3.61. The summed E-state index contributed by atoms with van der Waals surface area (Å²) in [4.78, 5) is 20.0. The number of fused-ring (bicyclic) bond motifs is 1. The first-order chi connectivity index (χ1) is 10.2. The molecule has 0 saturated carbocycles. The standard InChI is InChI=1S/C13H12N4O3S/c1-17-11-9(5-16-17)12(15-7-14-11)21-6-8-3-4-20-10(8)13(18)19-2/h3-5,7H,6H2,1-2H3. The van der Waals surface area contributed by atoms with Crippen LogP contribution in [0.1, 0.15) is 16.1 Å². The number of aromatic nitrogens is 4. The zero-order valence-electron chi connectivity index (χ0n) is 11.4. The molecule has 0 bridgehead atoms. The molecule has 0 unspecified atom stereocenters. The SMILES string of the molecule is COC(=O)c1occc1CSc1ncnc2c1cnn2C. The molecule has 0 aliphatic carbocycles. The third-order valence-electron chi connectivity index (χ3n) is 2.97. The topological polar surface area (TPSA) is 83.0 Å². The Labute approximate surface area is 124 Å². The lowest BCUT2D eigenvalue weighted by Gasteiger charge is -2.02. The maximum atomic E-state index is 11.6. The van der Waals surface area contributed by atoms with Crippen molar-refractivity contribution in [3.8, 4) is 0 Å². The minimum atomic E-state index is -0.482. The van der Waals surface area contributed by atoms with Gasteiger partial charge in [-0.2, -0.15) is 5.10 Å². The van der Waals surface area contributed by atoms with Crippen LogP contribution in [-0.2, 0) is 17.5 Å². The van der Waals surface area contributed by atoms with Crippen LogP contribution in [0.4, 0.5) is 0 Å². The zero-order valence-corrected chi connectivity index (χ0v) is 12.3. The van der Waals surface area contributed by atoms with Crippen molar-refractivity contribution in [1.29, 1.82) is 0 Å². The van der Waals surface area contributed by atoms with Crippen molar-refractivity contribution in [2.75, 3.05) is 7.11 Å². The van der Waals surface area contributed by atoms with E-state index < -0.39 is 5.97 Å². The quantitative estimate of drug-likeness (QED) is 0.414. The average Bonchev–Trinajstić information content (AvgIpc) is 3.12. The highest BCUT2D eigenvalue weighted by molar-refractivity contribution is 7.98. The van der Waals surface area contributed by atoms with Gasteiger partial charge in [0.2, 0.25) is 5.76 Å². The van der Waals surface area contributed by atoms with Crippen molar-refractivity contribution in [2.24, 2.45) is 7.05 Å². The van der Waals surface area contributed by atoms with Gasteiger partial charge in [0, 0.05) is 18.4 Å². The van der Waals surface area contributed by atoms with Crippen molar-refractivity contribution in [3.05, 3.63) is 36.2 Å². The maximum absolute atomic E-state index is 11.6. The fraction of sp³-hybridized carbons (Fsp3) is 0.231. The van der Waals surface area contributed by atoms with Crippen molar-refractivity contribution in [3.63, 3.8) is 0 Å². The summed E-state index contributed by atoms with van der Waals surface area (Å²) < 4.78 is 11.5. The monoisotopic (exact) mass is 304 g/mol. The Morgan fingerprint density at radius 2 is 2.33 bits per heavy atom. The lowest BCUT2D eigenvalue weighted by Crippen LogP contribution is -2.02. The van der Waals surface area contributed by atoms with Gasteiger partial charge in [0.15, 0.2) is 5.65 Å². The van der Waals surface area contributed by atoms with Crippen molar-refractivity contribution in [2.45, 2.75) is 10.8 Å². The number of carbonyl (C=O) groups excluding carboxylic acids is 1. The Morgan fingerprint density at radius 3 is 3.14 bits per heavy atom. The van der Waals surface area contributed by atoms with Gasteiger partial charge in [-0.3, -0.25) is 4.68 Å². The minimum Gasteiger partial charge on any atom is -0.463 e. The Balaban J connectivity index is 1.84. The summed E-state index contributed by atoms with van der Waals surface area (Å²) in [5.74, 6) is 0.286. The van der Waals surface area contributed by atoms with Gasteiger partial charge in [-0.1, -0.05) is 0 Å². The van der Waals surface area contributed by atoms with Crippen LogP contribution in [0.5, 0.6) is 0 Å². The number of aryl methyl sites for hydroxylation is 1. The number of ether oxygens (including phenoxy) is 1. The van der Waals surface area contributed by atoms with Crippen LogP contribution < -0.4 is 0 Å². The number of esters is 1. The molecule has 0 amide bonds. The predicted molar refractivity (Wildman–Crippen MR) is 75.9 cm³/mol. The number of hydrogen-bond acceptors (Lipinski definition) is 7. The summed E-state index contributed by atoms with van der Waals surface area (Å²) in [6.45, 7) is 0. The van der Waals surface area contributed by atoms with E-state index in [1.165, 1.54) is 31.5 Å². The number of furan rings is 1. The molecule has 0 atom stereocenters. The molecule has 0 saturated heterocycles. The minimum absolute atomic E-state index is 0.224. The molecule has 0 N–H and O–H groups in total. The summed E-state index contributed by atoms with van der Waals surface area (Å²) >= 11 is 1.49. The van der Waals surface area contributed by atoms with Crippen LogP contribution in [0.15, 0.2) is 34.3 Å². The summed E-state index contributed by atoms with van der Waals surface area (Å²) in [5, 5.41) is 5.86. The van der Waals surface area contributed by atoms with E-state index in [0.29, 0.717) is 5.75 Å². The Bertz CT molecular complexity index is 796. The van der Waals surface area contributed by atoms with Crippen molar-refractivity contribution < 1.29 is 13.9 Å². The van der Waals surface area contributed by atoms with E-state index in [0.717, 1.165) is 21.6 Å². The second kappa shape index (κ2) is 5.57. The molecule has 3 aromatic heterocycles. The molecule has 0 aliphatic rings. The number of nitrogens with zero attached hydrogens (tertiary/aromatic N) is 4. The van der Waals surface area contributed by atoms with E-state index in [4.69, 9.17) is 4.42 Å². The highest BCUT2D eigenvalue weighted by atomic mass is 32.2. The summed E-state index contributed by atoms with van der Waals surface area (Å²) in [6.07, 6.45) is 4.71. The lowest BCUT2D eigenvalue weighted by atomic mass is 10.3. The molecule has 21 heavy (non-hydrogen) atoms. The largest absolute Gasteiger partial charge is 0.463 e. The fourth-order valence-corrected chi connectivity index (χ4v) is 2.86. The molecule has 0 spiro atoms. The van der Waals surface area contributed by atoms with Crippen LogP contribution in [0.25, 0.3) is 11.0 Å². The molecule has 7 nitrogen and oxygen atoms in total. The van der Waals surface area contributed by atoms with Gasteiger partial charge < -0.3 is 9.15 Å². The van der Waals surface area contributed by atoms with E-state index >= 15 is 0 Å². The van der Waals surface area contributed by atoms with Gasteiger partial charge in [0.25, 0.3) is 0 Å². The normalized spacial score (nSPS) is 11.0. The first-order valence-corrected chi connectivity index (χ1v) is 7.09. The second-order valence-electron chi connectivity index (χ2n) is 4.24. The van der Waals surface area contributed by atoms with Gasteiger partial charge >= 0.3 is 5.97 Å². The fourth-order valence-electron chi connectivity index (χ4n) is 1.92. The number of carbonyl (C=O) groups is 1. The number of methoxy groups -OCH3 is 1. The highest BCUT2D eigenvalue weighted by Gasteiger charge is 2.17. The second-order valence-corrected chi connectivity index (χ2v) is 5.20. The molecule has 0 fully saturated rings. The number of rotatable bonds is 4. The molecule has 8 heteroatoms. The first kappa shape index (κ1) is 13.6. The first-order valence-electron chi connectivity index (χ1n) is 6.11. The molecule has 3 aromatic rings. The third-order valence-corrected chi connectivity index (χ3v) is 4.03. The van der Waals surface area contributed by atoms with Gasteiger partial charge in [-0.05, 0) is 6.07 Å². The van der Waals surface area contributed by atoms with Gasteiger partial charge in [-0.15, -0.1) is 11.8 Å². The van der Waals surface area contributed by atoms with Crippen LogP contribution in [0.2, 0.25) is 0 Å². The van der Waals surface area contributed by atoms with E-state index in [9.17, 15) is 4.79 Å².